The van der Waals surface area contributed by atoms with Gasteiger partial charge < -0.3 is 15.3 Å². The van der Waals surface area contributed by atoms with E-state index in [4.69, 9.17) is 15.3 Å². The number of rotatable bonds is 3. The lowest BCUT2D eigenvalue weighted by molar-refractivity contribution is 0.260. The highest BCUT2D eigenvalue weighted by Crippen LogP contribution is 2.01. The molecule has 1 aromatic rings. The van der Waals surface area contributed by atoms with Crippen molar-refractivity contribution in [2.75, 3.05) is 6.61 Å². The van der Waals surface area contributed by atoms with Crippen molar-refractivity contribution in [2.45, 2.75) is 12.5 Å². The van der Waals surface area contributed by atoms with Gasteiger partial charge in [-0.3, -0.25) is 0 Å². The molecule has 0 aliphatic heterocycles. The lowest BCUT2D eigenvalue weighted by Gasteiger charge is -2.03. The number of furan rings is 1. The van der Waals surface area contributed by atoms with Crippen LogP contribution in [-0.4, -0.2) is 17.8 Å². The summed E-state index contributed by atoms with van der Waals surface area (Å²) >= 11 is 0. The molecule has 1 unspecified atom stereocenters. The van der Waals surface area contributed by atoms with Crippen LogP contribution in [0.2, 0.25) is 0 Å². The third-order valence-corrected chi connectivity index (χ3v) is 1.28. The van der Waals surface area contributed by atoms with E-state index in [0.717, 1.165) is 5.76 Å². The molecule has 3 N–H and O–H groups in total. The van der Waals surface area contributed by atoms with Gasteiger partial charge in [0.15, 0.2) is 0 Å². The third kappa shape index (κ3) is 3.41. The summed E-state index contributed by atoms with van der Waals surface area (Å²) in [5, 5.41) is 8.57. The van der Waals surface area contributed by atoms with Crippen molar-refractivity contribution in [3.05, 3.63) is 24.2 Å². The average molecular weight is 178 g/mol. The van der Waals surface area contributed by atoms with Crippen LogP contribution in [0.1, 0.15) is 5.76 Å². The quantitative estimate of drug-likeness (QED) is 0.710. The van der Waals surface area contributed by atoms with Gasteiger partial charge in [-0.1, -0.05) is 0 Å². The molecule has 0 fully saturated rings. The van der Waals surface area contributed by atoms with E-state index >= 15 is 0 Å². The van der Waals surface area contributed by atoms with Crippen LogP contribution in [0.25, 0.3) is 0 Å². The number of nitrogens with two attached hydrogens (primary N) is 1. The highest BCUT2D eigenvalue weighted by molar-refractivity contribution is 5.85. The van der Waals surface area contributed by atoms with E-state index in [9.17, 15) is 0 Å². The molecule has 1 atom stereocenters. The largest absolute Gasteiger partial charge is 0.469 e. The maximum Gasteiger partial charge on any atom is 0.105 e. The Kier molecular flexibility index (Phi) is 4.94. The Morgan fingerprint density at radius 2 is 2.36 bits per heavy atom. The number of halogens is 1. The van der Waals surface area contributed by atoms with Crippen LogP contribution >= 0.6 is 12.4 Å². The van der Waals surface area contributed by atoms with Gasteiger partial charge in [0, 0.05) is 12.5 Å². The van der Waals surface area contributed by atoms with Gasteiger partial charge in [0.2, 0.25) is 0 Å². The smallest absolute Gasteiger partial charge is 0.105 e. The van der Waals surface area contributed by atoms with Crippen molar-refractivity contribution in [1.82, 2.24) is 0 Å². The zero-order valence-corrected chi connectivity index (χ0v) is 6.88. The number of aliphatic hydroxyl groups is 1. The Labute approximate surface area is 71.6 Å². The van der Waals surface area contributed by atoms with Gasteiger partial charge in [0.25, 0.3) is 0 Å². The summed E-state index contributed by atoms with van der Waals surface area (Å²) in [5.41, 5.74) is 5.45. The van der Waals surface area contributed by atoms with E-state index in [-0.39, 0.29) is 25.1 Å². The average Bonchev–Trinajstić information content (AvgIpc) is 2.40. The van der Waals surface area contributed by atoms with Crippen molar-refractivity contribution < 1.29 is 9.52 Å². The fraction of sp³-hybridized carbons (Fsp3) is 0.429. The first-order valence-corrected chi connectivity index (χ1v) is 3.21. The summed E-state index contributed by atoms with van der Waals surface area (Å²) in [6.07, 6.45) is 2.20. The minimum atomic E-state index is -0.203. The molecule has 4 heteroatoms. The molecule has 64 valence electrons. The summed E-state index contributed by atoms with van der Waals surface area (Å²) in [4.78, 5) is 0. The molecule has 0 spiro atoms. The van der Waals surface area contributed by atoms with Gasteiger partial charge >= 0.3 is 0 Å². The Morgan fingerprint density at radius 3 is 2.82 bits per heavy atom. The predicted octanol–water partition coefficient (Wildman–Crippen LogP) is 0.563. The molecule has 1 rings (SSSR count). The summed E-state index contributed by atoms with van der Waals surface area (Å²) in [6.45, 7) is 0.000694. The third-order valence-electron chi connectivity index (χ3n) is 1.28. The Bertz CT molecular complexity index is 177. The Balaban J connectivity index is 0.000001000. The molecule has 0 bridgehead atoms. The van der Waals surface area contributed by atoms with E-state index in [1.54, 1.807) is 12.3 Å². The molecule has 0 saturated heterocycles. The summed E-state index contributed by atoms with van der Waals surface area (Å²) < 4.78 is 5.01. The molecule has 1 aromatic heterocycles. The van der Waals surface area contributed by atoms with Crippen molar-refractivity contribution in [3.63, 3.8) is 0 Å². The van der Waals surface area contributed by atoms with E-state index in [2.05, 4.69) is 0 Å². The molecule has 0 aliphatic rings. The van der Waals surface area contributed by atoms with Crippen LogP contribution < -0.4 is 5.73 Å². The number of aliphatic hydroxyl groups excluding tert-OH is 1. The fourth-order valence-electron chi connectivity index (χ4n) is 0.752. The molecular formula is C7H12ClNO2. The van der Waals surface area contributed by atoms with Gasteiger partial charge in [0.05, 0.1) is 12.9 Å². The van der Waals surface area contributed by atoms with Crippen LogP contribution in [-0.2, 0) is 6.42 Å². The number of hydrogen-bond donors (Lipinski definition) is 2. The fourth-order valence-corrected chi connectivity index (χ4v) is 0.752. The van der Waals surface area contributed by atoms with Gasteiger partial charge in [0.1, 0.15) is 5.76 Å². The van der Waals surface area contributed by atoms with Crippen molar-refractivity contribution in [2.24, 2.45) is 5.73 Å². The normalized spacial score (nSPS) is 12.2. The van der Waals surface area contributed by atoms with E-state index in [1.807, 2.05) is 6.07 Å². The monoisotopic (exact) mass is 177 g/mol. The van der Waals surface area contributed by atoms with Gasteiger partial charge in [-0.2, -0.15) is 0 Å². The van der Waals surface area contributed by atoms with Crippen LogP contribution in [0.4, 0.5) is 0 Å². The van der Waals surface area contributed by atoms with Crippen LogP contribution in [0.15, 0.2) is 22.8 Å². The minimum absolute atomic E-state index is 0. The molecular weight excluding hydrogens is 166 g/mol. The van der Waals surface area contributed by atoms with Gasteiger partial charge in [-0.05, 0) is 12.1 Å². The summed E-state index contributed by atoms with van der Waals surface area (Å²) in [7, 11) is 0. The molecule has 0 aliphatic carbocycles. The van der Waals surface area contributed by atoms with Crippen LogP contribution in [0.3, 0.4) is 0 Å². The summed E-state index contributed by atoms with van der Waals surface area (Å²) in [5.74, 6) is 0.821. The second-order valence-electron chi connectivity index (χ2n) is 2.23. The first kappa shape index (κ1) is 10.5. The van der Waals surface area contributed by atoms with E-state index < -0.39 is 0 Å². The van der Waals surface area contributed by atoms with Crippen LogP contribution in [0, 0.1) is 0 Å². The maximum absolute atomic E-state index is 8.57. The van der Waals surface area contributed by atoms with Crippen molar-refractivity contribution in [3.8, 4) is 0 Å². The minimum Gasteiger partial charge on any atom is -0.469 e. The molecule has 0 amide bonds. The molecule has 1 heterocycles. The summed E-state index contributed by atoms with van der Waals surface area (Å²) in [6, 6.07) is 3.45. The molecule has 11 heavy (non-hydrogen) atoms. The second kappa shape index (κ2) is 5.18. The van der Waals surface area contributed by atoms with E-state index in [0.29, 0.717) is 6.42 Å². The van der Waals surface area contributed by atoms with Crippen molar-refractivity contribution in [1.29, 1.82) is 0 Å². The highest BCUT2D eigenvalue weighted by Gasteiger charge is 2.02. The first-order valence-electron chi connectivity index (χ1n) is 3.21. The van der Waals surface area contributed by atoms with Gasteiger partial charge in [-0.15, -0.1) is 12.4 Å². The predicted molar refractivity (Wildman–Crippen MR) is 44.7 cm³/mol. The van der Waals surface area contributed by atoms with E-state index in [1.165, 1.54) is 0 Å². The molecule has 3 nitrogen and oxygen atoms in total. The SMILES string of the molecule is Cl.NC(CO)Cc1ccco1. The number of hydrogen-bond acceptors (Lipinski definition) is 3. The topological polar surface area (TPSA) is 59.4 Å². The van der Waals surface area contributed by atoms with Crippen LogP contribution in [0.5, 0.6) is 0 Å². The van der Waals surface area contributed by atoms with Gasteiger partial charge in [-0.25, -0.2) is 0 Å². The molecule has 0 aromatic carbocycles. The second-order valence-corrected chi connectivity index (χ2v) is 2.23. The zero-order valence-electron chi connectivity index (χ0n) is 6.06. The lowest BCUT2D eigenvalue weighted by Crippen LogP contribution is -2.26. The molecule has 0 radical (unpaired) electrons. The standard InChI is InChI=1S/C7H11NO2.ClH/c8-6(5-9)4-7-2-1-3-10-7;/h1-3,6,9H,4-5,8H2;1H. The Morgan fingerprint density at radius 1 is 1.64 bits per heavy atom. The van der Waals surface area contributed by atoms with Crippen molar-refractivity contribution >= 4 is 12.4 Å². The highest BCUT2D eigenvalue weighted by atomic mass is 35.5. The Hall–Kier alpha value is -0.510. The first-order chi connectivity index (χ1) is 4.83. The lowest BCUT2D eigenvalue weighted by atomic mass is 10.2. The maximum atomic E-state index is 8.57. The zero-order chi connectivity index (χ0) is 7.40. The molecule has 0 saturated carbocycles.